The molecule has 3 aromatic rings. The number of pyridine rings is 1. The van der Waals surface area contributed by atoms with Gasteiger partial charge in [0.2, 0.25) is 0 Å². The molecular formula is C14H10N4O3. The number of carbonyl (C=O) groups excluding carboxylic acids is 1. The van der Waals surface area contributed by atoms with Crippen LogP contribution in [-0.4, -0.2) is 32.2 Å². The molecule has 1 aromatic carbocycles. The summed E-state index contributed by atoms with van der Waals surface area (Å²) in [6, 6.07) is 10.1. The Balaban J connectivity index is 1.84. The molecule has 104 valence electrons. The summed E-state index contributed by atoms with van der Waals surface area (Å²) in [6.45, 7) is 0. The zero-order chi connectivity index (χ0) is 14.8. The maximum Gasteiger partial charge on any atom is 0.337 e. The van der Waals surface area contributed by atoms with Crippen molar-refractivity contribution in [2.24, 2.45) is 0 Å². The minimum Gasteiger partial charge on any atom is -0.478 e. The number of hydrogen-bond donors (Lipinski definition) is 3. The Morgan fingerprint density at radius 2 is 1.95 bits per heavy atom. The number of H-pyrrole nitrogens is 1. The van der Waals surface area contributed by atoms with Crippen molar-refractivity contribution in [2.75, 3.05) is 5.32 Å². The Morgan fingerprint density at radius 1 is 1.14 bits per heavy atom. The highest BCUT2D eigenvalue weighted by molar-refractivity contribution is 6.10. The lowest BCUT2D eigenvalue weighted by Crippen LogP contribution is -2.14. The van der Waals surface area contributed by atoms with Gasteiger partial charge in [-0.25, -0.2) is 9.78 Å². The van der Waals surface area contributed by atoms with Crippen LogP contribution in [0.5, 0.6) is 0 Å². The average molecular weight is 282 g/mol. The Kier molecular flexibility index (Phi) is 3.07. The molecule has 0 radical (unpaired) electrons. The van der Waals surface area contributed by atoms with E-state index in [1.54, 1.807) is 6.07 Å². The molecule has 0 aliphatic heterocycles. The normalized spacial score (nSPS) is 10.5. The molecule has 21 heavy (non-hydrogen) atoms. The van der Waals surface area contributed by atoms with E-state index >= 15 is 0 Å². The summed E-state index contributed by atoms with van der Waals surface area (Å²) in [5.41, 5.74) is 1.07. The topological polar surface area (TPSA) is 108 Å². The van der Waals surface area contributed by atoms with Crippen LogP contribution in [0, 0.1) is 0 Å². The summed E-state index contributed by atoms with van der Waals surface area (Å²) < 4.78 is 0. The first-order valence-corrected chi connectivity index (χ1v) is 6.09. The van der Waals surface area contributed by atoms with E-state index < -0.39 is 11.9 Å². The molecule has 0 saturated carbocycles. The van der Waals surface area contributed by atoms with E-state index in [2.05, 4.69) is 20.5 Å². The van der Waals surface area contributed by atoms with E-state index in [0.29, 0.717) is 5.39 Å². The molecule has 7 nitrogen and oxygen atoms in total. The van der Waals surface area contributed by atoms with Crippen LogP contribution in [-0.2, 0) is 0 Å². The maximum atomic E-state index is 12.2. The third kappa shape index (κ3) is 2.44. The van der Waals surface area contributed by atoms with Crippen molar-refractivity contribution in [1.82, 2.24) is 15.2 Å². The Morgan fingerprint density at radius 3 is 2.67 bits per heavy atom. The molecule has 0 bridgehead atoms. The van der Waals surface area contributed by atoms with E-state index in [4.69, 9.17) is 5.11 Å². The smallest absolute Gasteiger partial charge is 0.337 e. The molecule has 1 amide bonds. The largest absolute Gasteiger partial charge is 0.478 e. The summed E-state index contributed by atoms with van der Waals surface area (Å²) in [4.78, 5) is 26.8. The molecular weight excluding hydrogens is 272 g/mol. The van der Waals surface area contributed by atoms with E-state index in [1.165, 1.54) is 18.3 Å². The number of nitrogens with zero attached hydrogens (tertiary/aromatic N) is 2. The van der Waals surface area contributed by atoms with Crippen LogP contribution in [0.1, 0.15) is 20.8 Å². The van der Waals surface area contributed by atoms with Gasteiger partial charge in [0.15, 0.2) is 5.69 Å². The molecule has 7 heteroatoms. The molecule has 3 rings (SSSR count). The van der Waals surface area contributed by atoms with Gasteiger partial charge < -0.3 is 10.4 Å². The van der Waals surface area contributed by atoms with Crippen LogP contribution < -0.4 is 5.32 Å². The number of benzene rings is 1. The lowest BCUT2D eigenvalue weighted by atomic mass is 10.2. The van der Waals surface area contributed by atoms with Gasteiger partial charge in [0.05, 0.1) is 11.1 Å². The van der Waals surface area contributed by atoms with Crippen molar-refractivity contribution >= 4 is 28.6 Å². The van der Waals surface area contributed by atoms with Crippen LogP contribution in [0.3, 0.4) is 0 Å². The van der Waals surface area contributed by atoms with Gasteiger partial charge in [-0.15, -0.1) is 0 Å². The van der Waals surface area contributed by atoms with Gasteiger partial charge in [-0.2, -0.15) is 5.10 Å². The van der Waals surface area contributed by atoms with Gasteiger partial charge in [0, 0.05) is 11.6 Å². The number of fused-ring (bicyclic) bond motifs is 1. The summed E-state index contributed by atoms with van der Waals surface area (Å²) in [5, 5.41) is 18.8. The van der Waals surface area contributed by atoms with Crippen LogP contribution in [0.15, 0.2) is 42.6 Å². The molecule has 0 saturated heterocycles. The van der Waals surface area contributed by atoms with Crippen LogP contribution in [0.4, 0.5) is 5.82 Å². The second-order valence-corrected chi connectivity index (χ2v) is 4.31. The quantitative estimate of drug-likeness (QED) is 0.680. The van der Waals surface area contributed by atoms with Crippen molar-refractivity contribution in [2.45, 2.75) is 0 Å². The Hall–Kier alpha value is -3.22. The fraction of sp³-hybridized carbons (Fsp3) is 0. The van der Waals surface area contributed by atoms with Crippen LogP contribution in [0.2, 0.25) is 0 Å². The van der Waals surface area contributed by atoms with Gasteiger partial charge in [-0.05, 0) is 18.2 Å². The fourth-order valence-corrected chi connectivity index (χ4v) is 1.91. The average Bonchev–Trinajstić information content (AvgIpc) is 2.92. The number of aromatic amines is 1. The predicted molar refractivity (Wildman–Crippen MR) is 75.2 cm³/mol. The monoisotopic (exact) mass is 282 g/mol. The Bertz CT molecular complexity index is 824. The minimum absolute atomic E-state index is 0.0539. The van der Waals surface area contributed by atoms with Gasteiger partial charge in [-0.1, -0.05) is 18.2 Å². The molecule has 0 unspecified atom stereocenters. The van der Waals surface area contributed by atoms with Crippen molar-refractivity contribution in [3.8, 4) is 0 Å². The first kappa shape index (κ1) is 12.8. The maximum absolute atomic E-state index is 12.2. The highest BCUT2D eigenvalue weighted by Gasteiger charge is 2.14. The number of rotatable bonds is 3. The second-order valence-electron chi connectivity index (χ2n) is 4.31. The van der Waals surface area contributed by atoms with Gasteiger partial charge in [-0.3, -0.25) is 9.89 Å². The summed E-state index contributed by atoms with van der Waals surface area (Å²) >= 11 is 0. The molecule has 0 aliphatic carbocycles. The molecule has 0 fully saturated rings. The number of aromatic carboxylic acids is 1. The highest BCUT2D eigenvalue weighted by atomic mass is 16.4. The number of hydrogen-bond acceptors (Lipinski definition) is 4. The zero-order valence-electron chi connectivity index (χ0n) is 10.7. The third-order valence-electron chi connectivity index (χ3n) is 2.94. The van der Waals surface area contributed by atoms with E-state index in [0.717, 1.165) is 5.52 Å². The lowest BCUT2D eigenvalue weighted by molar-refractivity contribution is 0.0696. The Labute approximate surface area is 118 Å². The van der Waals surface area contributed by atoms with Crippen molar-refractivity contribution in [1.29, 1.82) is 0 Å². The van der Waals surface area contributed by atoms with Gasteiger partial charge in [0.25, 0.3) is 5.91 Å². The summed E-state index contributed by atoms with van der Waals surface area (Å²) in [5.74, 6) is -1.22. The number of anilines is 1. The molecule has 0 aliphatic rings. The number of amides is 1. The zero-order valence-corrected chi connectivity index (χ0v) is 10.7. The molecule has 3 N–H and O–H groups in total. The standard InChI is InChI=1S/C14H10N4O3/c19-13(12-9-3-1-2-4-10(9)17-18-12)16-11-6-5-8(7-15-11)14(20)21/h1-7H,(H,17,18)(H,20,21)(H,15,16,19). The number of carboxylic acid groups (broad SMARTS) is 1. The SMILES string of the molecule is O=C(O)c1ccc(NC(=O)c2n[nH]c3ccccc23)nc1. The van der Waals surface area contributed by atoms with Crippen LogP contribution >= 0.6 is 0 Å². The number of aromatic nitrogens is 3. The minimum atomic E-state index is -1.07. The van der Waals surface area contributed by atoms with Gasteiger partial charge in [0.1, 0.15) is 5.82 Å². The second kappa shape index (κ2) is 5.04. The predicted octanol–water partition coefficient (Wildman–Crippen LogP) is 1.91. The van der Waals surface area contributed by atoms with Gasteiger partial charge >= 0.3 is 5.97 Å². The number of carbonyl (C=O) groups is 2. The molecule has 0 atom stereocenters. The number of carboxylic acids is 1. The molecule has 2 aromatic heterocycles. The third-order valence-corrected chi connectivity index (χ3v) is 2.94. The molecule has 2 heterocycles. The van der Waals surface area contributed by atoms with E-state index in [-0.39, 0.29) is 17.1 Å². The van der Waals surface area contributed by atoms with Crippen molar-refractivity contribution in [3.63, 3.8) is 0 Å². The fourth-order valence-electron chi connectivity index (χ4n) is 1.91. The van der Waals surface area contributed by atoms with Crippen molar-refractivity contribution in [3.05, 3.63) is 53.9 Å². The number of para-hydroxylation sites is 1. The number of nitrogens with one attached hydrogen (secondary N) is 2. The summed E-state index contributed by atoms with van der Waals surface area (Å²) in [6.07, 6.45) is 1.18. The van der Waals surface area contributed by atoms with E-state index in [9.17, 15) is 9.59 Å². The van der Waals surface area contributed by atoms with Crippen molar-refractivity contribution < 1.29 is 14.7 Å². The lowest BCUT2D eigenvalue weighted by Gasteiger charge is -2.02. The highest BCUT2D eigenvalue weighted by Crippen LogP contribution is 2.16. The first-order valence-electron chi connectivity index (χ1n) is 6.09. The summed E-state index contributed by atoms with van der Waals surface area (Å²) in [7, 11) is 0. The molecule has 0 spiro atoms. The van der Waals surface area contributed by atoms with E-state index in [1.807, 2.05) is 18.2 Å². The first-order chi connectivity index (χ1) is 10.1. The van der Waals surface area contributed by atoms with Crippen LogP contribution in [0.25, 0.3) is 10.9 Å².